The van der Waals surface area contributed by atoms with E-state index in [-0.39, 0.29) is 0 Å². The van der Waals surface area contributed by atoms with Crippen molar-refractivity contribution in [3.05, 3.63) is 18.5 Å². The maximum atomic E-state index is 5.94. The second kappa shape index (κ2) is 5.87. The van der Waals surface area contributed by atoms with Crippen LogP contribution < -0.4 is 10.6 Å². The predicted molar refractivity (Wildman–Crippen MR) is 70.1 cm³/mol. The number of anilines is 2. The lowest BCUT2D eigenvalue weighted by Crippen LogP contribution is -2.34. The molecule has 0 bridgehead atoms. The molecule has 2 rings (SSSR count). The monoisotopic (exact) mass is 235 g/mol. The molecule has 4 nitrogen and oxygen atoms in total. The van der Waals surface area contributed by atoms with E-state index in [9.17, 15) is 0 Å². The second-order valence-electron chi connectivity index (χ2n) is 4.65. The van der Waals surface area contributed by atoms with E-state index >= 15 is 0 Å². The van der Waals surface area contributed by atoms with Crippen molar-refractivity contribution in [1.29, 1.82) is 0 Å². The largest absolute Gasteiger partial charge is 0.396 e. The summed E-state index contributed by atoms with van der Waals surface area (Å²) in [5, 5.41) is 0. The lowest BCUT2D eigenvalue weighted by atomic mass is 9.93. The van der Waals surface area contributed by atoms with Crippen LogP contribution in [0.5, 0.6) is 0 Å². The van der Waals surface area contributed by atoms with Crippen molar-refractivity contribution in [2.75, 3.05) is 37.4 Å². The molecule has 0 atom stereocenters. The number of ether oxygens (including phenoxy) is 1. The van der Waals surface area contributed by atoms with Crippen molar-refractivity contribution in [2.24, 2.45) is 5.92 Å². The van der Waals surface area contributed by atoms with Gasteiger partial charge in [0.2, 0.25) is 0 Å². The highest BCUT2D eigenvalue weighted by molar-refractivity contribution is 5.66. The molecule has 4 heteroatoms. The Morgan fingerprint density at radius 1 is 1.47 bits per heavy atom. The zero-order valence-electron chi connectivity index (χ0n) is 10.4. The summed E-state index contributed by atoms with van der Waals surface area (Å²) >= 11 is 0. The van der Waals surface area contributed by atoms with Crippen molar-refractivity contribution in [3.8, 4) is 0 Å². The minimum absolute atomic E-state index is 0.780. The highest BCUT2D eigenvalue weighted by atomic mass is 16.5. The van der Waals surface area contributed by atoms with Crippen molar-refractivity contribution < 1.29 is 4.74 Å². The third-order valence-corrected chi connectivity index (χ3v) is 3.51. The molecule has 2 heterocycles. The molecule has 0 spiro atoms. The molecule has 17 heavy (non-hydrogen) atoms. The third-order valence-electron chi connectivity index (χ3n) is 3.51. The maximum absolute atomic E-state index is 5.94. The second-order valence-corrected chi connectivity index (χ2v) is 4.65. The fourth-order valence-corrected chi connectivity index (χ4v) is 2.43. The van der Waals surface area contributed by atoms with Gasteiger partial charge >= 0.3 is 0 Å². The number of aromatic nitrogens is 1. The number of nitrogen functional groups attached to an aromatic ring is 1. The summed E-state index contributed by atoms with van der Waals surface area (Å²) in [6.07, 6.45) is 7.17. The summed E-state index contributed by atoms with van der Waals surface area (Å²) in [4.78, 5) is 6.39. The first-order valence-electron chi connectivity index (χ1n) is 6.24. The molecule has 0 aromatic carbocycles. The molecule has 0 aliphatic carbocycles. The van der Waals surface area contributed by atoms with Gasteiger partial charge in [0.15, 0.2) is 0 Å². The van der Waals surface area contributed by atoms with Crippen LogP contribution in [0.15, 0.2) is 18.5 Å². The van der Waals surface area contributed by atoms with Gasteiger partial charge in [-0.15, -0.1) is 0 Å². The van der Waals surface area contributed by atoms with Gasteiger partial charge in [0.05, 0.1) is 17.6 Å². The summed E-state index contributed by atoms with van der Waals surface area (Å²) in [7, 11) is 1.77. The summed E-state index contributed by atoms with van der Waals surface area (Å²) < 4.78 is 5.13. The van der Waals surface area contributed by atoms with Crippen LogP contribution >= 0.6 is 0 Å². The molecule has 2 N–H and O–H groups in total. The Morgan fingerprint density at radius 2 is 2.24 bits per heavy atom. The van der Waals surface area contributed by atoms with Gasteiger partial charge < -0.3 is 15.4 Å². The van der Waals surface area contributed by atoms with Crippen LogP contribution in [0.1, 0.15) is 19.3 Å². The molecule has 0 saturated carbocycles. The Labute approximate surface area is 103 Å². The van der Waals surface area contributed by atoms with Crippen LogP contribution in [-0.2, 0) is 4.74 Å². The maximum Gasteiger partial charge on any atom is 0.0738 e. The van der Waals surface area contributed by atoms with Crippen LogP contribution in [0.3, 0.4) is 0 Å². The number of hydrogen-bond donors (Lipinski definition) is 1. The molecular weight excluding hydrogens is 214 g/mol. The minimum atomic E-state index is 0.780. The summed E-state index contributed by atoms with van der Waals surface area (Å²) in [6.45, 7) is 3.05. The van der Waals surface area contributed by atoms with E-state index in [1.807, 2.05) is 12.3 Å². The Balaban J connectivity index is 1.89. The fourth-order valence-electron chi connectivity index (χ4n) is 2.43. The first-order valence-corrected chi connectivity index (χ1v) is 6.24. The molecular formula is C13H21N3O. The van der Waals surface area contributed by atoms with Crippen molar-refractivity contribution >= 4 is 11.4 Å². The highest BCUT2D eigenvalue weighted by Gasteiger charge is 2.20. The number of nitrogens with two attached hydrogens (primary N) is 1. The van der Waals surface area contributed by atoms with E-state index in [1.54, 1.807) is 13.3 Å². The summed E-state index contributed by atoms with van der Waals surface area (Å²) in [5.74, 6) is 0.800. The van der Waals surface area contributed by atoms with Gasteiger partial charge in [0, 0.05) is 33.0 Å². The number of hydrogen-bond acceptors (Lipinski definition) is 4. The molecule has 1 aromatic heterocycles. The number of nitrogens with zero attached hydrogens (tertiary/aromatic N) is 2. The van der Waals surface area contributed by atoms with Crippen LogP contribution in [-0.4, -0.2) is 31.8 Å². The third kappa shape index (κ3) is 3.09. The van der Waals surface area contributed by atoms with Gasteiger partial charge in [0.25, 0.3) is 0 Å². The van der Waals surface area contributed by atoms with Crippen molar-refractivity contribution in [3.63, 3.8) is 0 Å². The first kappa shape index (κ1) is 12.2. The van der Waals surface area contributed by atoms with E-state index < -0.39 is 0 Å². The van der Waals surface area contributed by atoms with Crippen LogP contribution in [0.25, 0.3) is 0 Å². The lowest BCUT2D eigenvalue weighted by molar-refractivity contribution is 0.170. The Kier molecular flexibility index (Phi) is 4.20. The Bertz CT molecular complexity index is 348. The topological polar surface area (TPSA) is 51.4 Å². The molecule has 94 valence electrons. The molecule has 1 aliphatic rings. The lowest BCUT2D eigenvalue weighted by Gasteiger charge is -2.34. The molecule has 1 aliphatic heterocycles. The smallest absolute Gasteiger partial charge is 0.0738 e. The Hall–Kier alpha value is -1.29. The molecule has 0 unspecified atom stereocenters. The Morgan fingerprint density at radius 3 is 2.88 bits per heavy atom. The number of methoxy groups -OCH3 is 1. The quantitative estimate of drug-likeness (QED) is 0.866. The van der Waals surface area contributed by atoms with Crippen LogP contribution in [0, 0.1) is 5.92 Å². The fraction of sp³-hybridized carbons (Fsp3) is 0.615. The average molecular weight is 235 g/mol. The first-order chi connectivity index (χ1) is 8.31. The number of piperidine rings is 1. The van der Waals surface area contributed by atoms with Gasteiger partial charge in [-0.25, -0.2) is 0 Å². The van der Waals surface area contributed by atoms with Gasteiger partial charge in [-0.2, -0.15) is 0 Å². The van der Waals surface area contributed by atoms with Crippen molar-refractivity contribution in [2.45, 2.75) is 19.3 Å². The highest BCUT2D eigenvalue weighted by Crippen LogP contribution is 2.28. The normalized spacial score (nSPS) is 17.4. The van der Waals surface area contributed by atoms with E-state index in [0.29, 0.717) is 0 Å². The minimum Gasteiger partial charge on any atom is -0.396 e. The molecule has 1 saturated heterocycles. The zero-order chi connectivity index (χ0) is 12.1. The average Bonchev–Trinajstić information content (AvgIpc) is 2.38. The standard InChI is InChI=1S/C13H21N3O/c1-17-9-5-11-3-7-16(8-4-11)13-2-6-15-10-12(13)14/h2,6,10-11H,3-5,7-9,14H2,1H3. The van der Waals surface area contributed by atoms with E-state index in [2.05, 4.69) is 9.88 Å². The zero-order valence-corrected chi connectivity index (χ0v) is 10.4. The van der Waals surface area contributed by atoms with Gasteiger partial charge in [-0.05, 0) is 31.2 Å². The van der Waals surface area contributed by atoms with E-state index in [0.717, 1.165) is 37.0 Å². The molecule has 0 radical (unpaired) electrons. The van der Waals surface area contributed by atoms with Crippen LogP contribution in [0.2, 0.25) is 0 Å². The molecule has 1 aromatic rings. The summed E-state index contributed by atoms with van der Waals surface area (Å²) in [6, 6.07) is 2.00. The number of pyridine rings is 1. The number of rotatable bonds is 4. The van der Waals surface area contributed by atoms with Gasteiger partial charge in [0.1, 0.15) is 0 Å². The van der Waals surface area contributed by atoms with E-state index in [1.165, 1.54) is 19.3 Å². The van der Waals surface area contributed by atoms with E-state index in [4.69, 9.17) is 10.5 Å². The van der Waals surface area contributed by atoms with Crippen LogP contribution in [0.4, 0.5) is 11.4 Å². The SMILES string of the molecule is COCCC1CCN(c2ccncc2N)CC1. The molecule has 0 amide bonds. The molecule has 1 fully saturated rings. The van der Waals surface area contributed by atoms with Crippen molar-refractivity contribution in [1.82, 2.24) is 4.98 Å². The predicted octanol–water partition coefficient (Wildman–Crippen LogP) is 1.92. The summed E-state index contributed by atoms with van der Waals surface area (Å²) in [5.41, 5.74) is 7.85. The van der Waals surface area contributed by atoms with Gasteiger partial charge in [-0.1, -0.05) is 0 Å². The van der Waals surface area contributed by atoms with Gasteiger partial charge in [-0.3, -0.25) is 4.98 Å².